The Morgan fingerprint density at radius 1 is 1.06 bits per heavy atom. The van der Waals surface area contributed by atoms with E-state index in [1.54, 1.807) is 29.2 Å². The van der Waals surface area contributed by atoms with Crippen LogP contribution < -0.4 is 10.5 Å². The first-order valence-corrected chi connectivity index (χ1v) is 13.1. The van der Waals surface area contributed by atoms with Crippen molar-refractivity contribution in [3.63, 3.8) is 0 Å². The third-order valence-electron chi connectivity index (χ3n) is 6.41. The molecule has 182 valence electrons. The summed E-state index contributed by atoms with van der Waals surface area (Å²) >= 11 is 5.99. The molecule has 0 radical (unpaired) electrons. The molecular formula is C23H27ClN4O5S. The summed E-state index contributed by atoms with van der Waals surface area (Å²) in [4.78, 5) is 40.3. The molecule has 2 heterocycles. The summed E-state index contributed by atoms with van der Waals surface area (Å²) in [5.41, 5.74) is 5.39. The smallest absolute Gasteiger partial charge is 0.242 e. The highest BCUT2D eigenvalue weighted by Crippen LogP contribution is 2.24. The van der Waals surface area contributed by atoms with Crippen LogP contribution in [0.4, 0.5) is 0 Å². The van der Waals surface area contributed by atoms with Gasteiger partial charge in [-0.1, -0.05) is 23.7 Å². The Labute approximate surface area is 203 Å². The third-order valence-corrected chi connectivity index (χ3v) is 8.12. The molecule has 0 aromatic heterocycles. The van der Waals surface area contributed by atoms with Crippen molar-refractivity contribution < 1.29 is 22.8 Å². The van der Waals surface area contributed by atoms with Crippen LogP contribution in [-0.4, -0.2) is 68.2 Å². The molecule has 2 aliphatic heterocycles. The monoisotopic (exact) mass is 506 g/mol. The summed E-state index contributed by atoms with van der Waals surface area (Å²) in [6, 6.07) is 8.89. The van der Waals surface area contributed by atoms with E-state index in [9.17, 15) is 22.8 Å². The molecule has 0 saturated carbocycles. The fraction of sp³-hybridized carbons (Fsp3) is 0.435. The lowest BCUT2D eigenvalue weighted by Gasteiger charge is -2.36. The highest BCUT2D eigenvalue weighted by molar-refractivity contribution is 7.89. The quantitative estimate of drug-likeness (QED) is 0.613. The summed E-state index contributed by atoms with van der Waals surface area (Å²) in [6.45, 7) is 0.971. The molecule has 2 saturated heterocycles. The minimum absolute atomic E-state index is 0.0501. The number of nitrogens with two attached hydrogens (primary N) is 1. The number of nitrogens with zero attached hydrogens (tertiary/aromatic N) is 2. The van der Waals surface area contributed by atoms with E-state index in [2.05, 4.69) is 4.72 Å². The highest BCUT2D eigenvalue weighted by atomic mass is 35.5. The zero-order valence-electron chi connectivity index (χ0n) is 18.6. The Hall–Kier alpha value is -2.69. The van der Waals surface area contributed by atoms with Crippen LogP contribution in [0.1, 0.15) is 25.7 Å². The number of amides is 3. The Morgan fingerprint density at radius 3 is 2.53 bits per heavy atom. The number of benzene rings is 2. The molecule has 0 bridgehead atoms. The molecule has 0 aliphatic carbocycles. The zero-order valence-corrected chi connectivity index (χ0v) is 20.1. The molecule has 11 heteroatoms. The number of likely N-dealkylation sites (tertiary alicyclic amines) is 2. The van der Waals surface area contributed by atoms with Crippen molar-refractivity contribution >= 4 is 50.1 Å². The number of carbonyl (C=O) groups excluding carboxylic acids is 3. The minimum atomic E-state index is -3.96. The minimum Gasteiger partial charge on any atom is -0.369 e. The van der Waals surface area contributed by atoms with Gasteiger partial charge in [-0.25, -0.2) is 8.42 Å². The first kappa shape index (κ1) is 24.4. The lowest BCUT2D eigenvalue weighted by molar-refractivity contribution is -0.144. The predicted molar refractivity (Wildman–Crippen MR) is 127 cm³/mol. The van der Waals surface area contributed by atoms with Gasteiger partial charge in [0, 0.05) is 24.7 Å². The fourth-order valence-electron chi connectivity index (χ4n) is 4.52. The Kier molecular flexibility index (Phi) is 7.11. The van der Waals surface area contributed by atoms with Crippen molar-refractivity contribution in [2.45, 2.75) is 36.6 Å². The van der Waals surface area contributed by atoms with Gasteiger partial charge in [0.15, 0.2) is 0 Å². The van der Waals surface area contributed by atoms with E-state index in [-0.39, 0.29) is 29.8 Å². The number of primary amides is 1. The van der Waals surface area contributed by atoms with E-state index in [1.165, 1.54) is 17.0 Å². The Morgan fingerprint density at radius 2 is 1.76 bits per heavy atom. The van der Waals surface area contributed by atoms with Gasteiger partial charge in [0.25, 0.3) is 0 Å². The maximum absolute atomic E-state index is 13.0. The van der Waals surface area contributed by atoms with Crippen LogP contribution in [0.5, 0.6) is 0 Å². The second kappa shape index (κ2) is 9.89. The largest absolute Gasteiger partial charge is 0.369 e. The van der Waals surface area contributed by atoms with Crippen LogP contribution in [0.2, 0.25) is 5.02 Å². The summed E-state index contributed by atoms with van der Waals surface area (Å²) < 4.78 is 28.5. The number of hydrogen-bond acceptors (Lipinski definition) is 5. The van der Waals surface area contributed by atoms with E-state index in [0.29, 0.717) is 49.2 Å². The van der Waals surface area contributed by atoms with E-state index < -0.39 is 27.9 Å². The number of piperidine rings is 2. The van der Waals surface area contributed by atoms with E-state index in [4.69, 9.17) is 17.3 Å². The van der Waals surface area contributed by atoms with Crippen LogP contribution in [0, 0.1) is 5.92 Å². The number of carbonyl (C=O) groups is 3. The number of fused-ring (bicyclic) bond motifs is 1. The molecule has 2 aliphatic rings. The average molecular weight is 507 g/mol. The van der Waals surface area contributed by atoms with Crippen LogP contribution >= 0.6 is 11.6 Å². The van der Waals surface area contributed by atoms with Gasteiger partial charge in [-0.3, -0.25) is 14.4 Å². The number of sulfonamides is 1. The SMILES string of the molecule is NC(=O)C1CCCN(C(=O)CN2CCC[C@H](NS(=O)(=O)c3ccc4cc(Cl)ccc4c3)C2=O)C1. The molecule has 1 unspecified atom stereocenters. The second-order valence-corrected chi connectivity index (χ2v) is 11.0. The van der Waals surface area contributed by atoms with Crippen LogP contribution in [0.3, 0.4) is 0 Å². The van der Waals surface area contributed by atoms with Crippen molar-refractivity contribution in [2.75, 3.05) is 26.2 Å². The zero-order chi connectivity index (χ0) is 24.5. The molecule has 2 aromatic carbocycles. The average Bonchev–Trinajstić information content (AvgIpc) is 2.81. The van der Waals surface area contributed by atoms with E-state index in [0.717, 1.165) is 5.39 Å². The van der Waals surface area contributed by atoms with Gasteiger partial charge in [-0.05, 0) is 60.7 Å². The molecular weight excluding hydrogens is 480 g/mol. The van der Waals surface area contributed by atoms with Crippen LogP contribution in [0.15, 0.2) is 41.3 Å². The normalized spacial score (nSPS) is 21.6. The number of hydrogen-bond donors (Lipinski definition) is 2. The highest BCUT2D eigenvalue weighted by Gasteiger charge is 2.35. The summed E-state index contributed by atoms with van der Waals surface area (Å²) in [7, 11) is -3.96. The topological polar surface area (TPSA) is 130 Å². The van der Waals surface area contributed by atoms with Crippen LogP contribution in [-0.2, 0) is 24.4 Å². The van der Waals surface area contributed by atoms with E-state index in [1.807, 2.05) is 0 Å². The Balaban J connectivity index is 1.43. The summed E-state index contributed by atoms with van der Waals surface area (Å²) in [5, 5.41) is 2.07. The van der Waals surface area contributed by atoms with Crippen molar-refractivity contribution in [3.05, 3.63) is 41.4 Å². The molecule has 3 N–H and O–H groups in total. The van der Waals surface area contributed by atoms with Gasteiger partial charge < -0.3 is 15.5 Å². The molecule has 0 spiro atoms. The van der Waals surface area contributed by atoms with Gasteiger partial charge in [-0.2, -0.15) is 4.72 Å². The first-order valence-electron chi connectivity index (χ1n) is 11.2. The molecule has 2 fully saturated rings. The van der Waals surface area contributed by atoms with Crippen molar-refractivity contribution in [1.82, 2.24) is 14.5 Å². The lowest BCUT2D eigenvalue weighted by Crippen LogP contribution is -2.55. The maximum Gasteiger partial charge on any atom is 0.242 e. The van der Waals surface area contributed by atoms with Gasteiger partial charge in [-0.15, -0.1) is 0 Å². The van der Waals surface area contributed by atoms with Crippen molar-refractivity contribution in [2.24, 2.45) is 11.7 Å². The first-order chi connectivity index (χ1) is 16.1. The van der Waals surface area contributed by atoms with Crippen molar-refractivity contribution in [3.8, 4) is 0 Å². The second-order valence-electron chi connectivity index (χ2n) is 8.81. The molecule has 4 rings (SSSR count). The fourth-order valence-corrected chi connectivity index (χ4v) is 5.96. The third kappa shape index (κ3) is 5.34. The lowest BCUT2D eigenvalue weighted by atomic mass is 9.97. The van der Waals surface area contributed by atoms with Gasteiger partial charge in [0.2, 0.25) is 27.7 Å². The van der Waals surface area contributed by atoms with Gasteiger partial charge >= 0.3 is 0 Å². The molecule has 9 nitrogen and oxygen atoms in total. The Bertz CT molecular complexity index is 1240. The number of nitrogens with one attached hydrogen (secondary N) is 1. The molecule has 2 aromatic rings. The predicted octanol–water partition coefficient (Wildman–Crippen LogP) is 1.49. The number of rotatable bonds is 6. The standard InChI is InChI=1S/C23H27ClN4O5S/c24-18-7-5-16-12-19(8-6-15(16)11-18)34(32,33)26-20-4-2-10-28(23(20)31)14-21(29)27-9-1-3-17(13-27)22(25)30/h5-8,11-12,17,20,26H,1-4,9-10,13-14H2,(H2,25,30)/t17?,20-/m0/s1. The summed E-state index contributed by atoms with van der Waals surface area (Å²) in [5.74, 6) is -1.51. The maximum atomic E-state index is 13.0. The van der Waals surface area contributed by atoms with Gasteiger partial charge in [0.05, 0.1) is 17.4 Å². The number of halogens is 1. The molecule has 2 atom stereocenters. The van der Waals surface area contributed by atoms with E-state index >= 15 is 0 Å². The van der Waals surface area contributed by atoms with Crippen LogP contribution in [0.25, 0.3) is 10.8 Å². The molecule has 34 heavy (non-hydrogen) atoms. The van der Waals surface area contributed by atoms with Gasteiger partial charge in [0.1, 0.15) is 6.04 Å². The molecule has 3 amide bonds. The van der Waals surface area contributed by atoms with Crippen molar-refractivity contribution in [1.29, 1.82) is 0 Å². The summed E-state index contributed by atoms with van der Waals surface area (Å²) in [6.07, 6.45) is 2.23.